The highest BCUT2D eigenvalue weighted by Crippen LogP contribution is 2.27. The third-order valence-electron chi connectivity index (χ3n) is 3.74. The van der Waals surface area contributed by atoms with Crippen molar-refractivity contribution in [3.8, 4) is 0 Å². The van der Waals surface area contributed by atoms with Crippen LogP contribution in [-0.2, 0) is 0 Å². The van der Waals surface area contributed by atoms with Crippen molar-refractivity contribution in [2.24, 2.45) is 0 Å². The van der Waals surface area contributed by atoms with Crippen LogP contribution in [-0.4, -0.2) is 24.5 Å². The highest BCUT2D eigenvalue weighted by Gasteiger charge is 2.13. The van der Waals surface area contributed by atoms with E-state index in [1.807, 2.05) is 35.6 Å². The van der Waals surface area contributed by atoms with Crippen molar-refractivity contribution < 1.29 is 4.92 Å². The van der Waals surface area contributed by atoms with Gasteiger partial charge in [0, 0.05) is 23.2 Å². The maximum Gasteiger partial charge on any atom is 0.271 e. The standard InChI is InChI=1S/C16H12N6O2/c1-10-19-20-16-18-15(13-7-2-3-8-14(13)21(10)16)17-11-5-4-6-12(9-11)22(23)24/h2-9H,1H3,(H,17,18,20). The quantitative estimate of drug-likeness (QED) is 0.459. The van der Waals surface area contributed by atoms with Gasteiger partial charge in [-0.1, -0.05) is 18.2 Å². The van der Waals surface area contributed by atoms with Crippen LogP contribution in [0.15, 0.2) is 48.5 Å². The number of aryl methyl sites for hydroxylation is 1. The number of nitrogens with zero attached hydrogens (tertiary/aromatic N) is 5. The Balaban J connectivity index is 1.90. The minimum atomic E-state index is -0.429. The van der Waals surface area contributed by atoms with Gasteiger partial charge in [0.15, 0.2) is 0 Å². The Morgan fingerprint density at radius 1 is 1.12 bits per heavy atom. The van der Waals surface area contributed by atoms with Crippen molar-refractivity contribution in [3.63, 3.8) is 0 Å². The highest BCUT2D eigenvalue weighted by atomic mass is 16.6. The van der Waals surface area contributed by atoms with Crippen LogP contribution in [0.4, 0.5) is 17.2 Å². The molecule has 0 saturated heterocycles. The Hall–Kier alpha value is -3.55. The molecule has 118 valence electrons. The Bertz CT molecular complexity index is 1090. The Morgan fingerprint density at radius 3 is 2.79 bits per heavy atom. The van der Waals surface area contributed by atoms with E-state index in [4.69, 9.17) is 0 Å². The minimum Gasteiger partial charge on any atom is -0.339 e. The Labute approximate surface area is 135 Å². The van der Waals surface area contributed by atoms with E-state index in [2.05, 4.69) is 20.5 Å². The summed E-state index contributed by atoms with van der Waals surface area (Å²) in [5.41, 5.74) is 1.52. The van der Waals surface area contributed by atoms with Crippen LogP contribution in [0.5, 0.6) is 0 Å². The smallest absolute Gasteiger partial charge is 0.271 e. The fraction of sp³-hybridized carbons (Fsp3) is 0.0625. The summed E-state index contributed by atoms with van der Waals surface area (Å²) in [6, 6.07) is 14.0. The number of non-ortho nitro benzene ring substituents is 1. The molecule has 0 aliphatic rings. The predicted octanol–water partition coefficient (Wildman–Crippen LogP) is 3.24. The number of benzene rings is 2. The zero-order valence-electron chi connectivity index (χ0n) is 12.7. The van der Waals surface area contributed by atoms with Gasteiger partial charge in [-0.3, -0.25) is 14.5 Å². The van der Waals surface area contributed by atoms with Gasteiger partial charge in [-0.25, -0.2) is 0 Å². The van der Waals surface area contributed by atoms with Gasteiger partial charge in [-0.05, 0) is 25.1 Å². The van der Waals surface area contributed by atoms with E-state index in [9.17, 15) is 10.1 Å². The molecule has 2 heterocycles. The molecule has 0 atom stereocenters. The fourth-order valence-corrected chi connectivity index (χ4v) is 2.66. The molecule has 4 rings (SSSR count). The summed E-state index contributed by atoms with van der Waals surface area (Å²) in [7, 11) is 0. The largest absolute Gasteiger partial charge is 0.339 e. The maximum atomic E-state index is 10.9. The molecule has 0 unspecified atom stereocenters. The van der Waals surface area contributed by atoms with Gasteiger partial charge >= 0.3 is 0 Å². The van der Waals surface area contributed by atoms with Crippen molar-refractivity contribution >= 4 is 33.9 Å². The summed E-state index contributed by atoms with van der Waals surface area (Å²) in [5.74, 6) is 1.79. The van der Waals surface area contributed by atoms with Gasteiger partial charge in [0.05, 0.1) is 10.4 Å². The average Bonchev–Trinajstić information content (AvgIpc) is 2.96. The average molecular weight is 320 g/mol. The van der Waals surface area contributed by atoms with E-state index in [0.717, 1.165) is 16.7 Å². The molecule has 2 aromatic heterocycles. The molecular formula is C16H12N6O2. The zero-order valence-corrected chi connectivity index (χ0v) is 12.7. The lowest BCUT2D eigenvalue weighted by atomic mass is 10.2. The number of aromatic nitrogens is 4. The Kier molecular flexibility index (Phi) is 3.09. The van der Waals surface area contributed by atoms with Crippen molar-refractivity contribution in [2.45, 2.75) is 6.92 Å². The van der Waals surface area contributed by atoms with Crippen LogP contribution in [0.1, 0.15) is 5.82 Å². The third kappa shape index (κ3) is 2.21. The number of hydrogen-bond acceptors (Lipinski definition) is 6. The summed E-state index contributed by atoms with van der Waals surface area (Å²) >= 11 is 0. The molecule has 0 amide bonds. The lowest BCUT2D eigenvalue weighted by Crippen LogP contribution is -2.01. The van der Waals surface area contributed by atoms with Crippen molar-refractivity contribution in [1.29, 1.82) is 0 Å². The van der Waals surface area contributed by atoms with Gasteiger partial charge in [-0.15, -0.1) is 10.2 Å². The van der Waals surface area contributed by atoms with E-state index in [1.54, 1.807) is 12.1 Å². The number of nitrogens with one attached hydrogen (secondary N) is 1. The third-order valence-corrected chi connectivity index (χ3v) is 3.74. The second-order valence-corrected chi connectivity index (χ2v) is 5.29. The summed E-state index contributed by atoms with van der Waals surface area (Å²) in [4.78, 5) is 15.0. The van der Waals surface area contributed by atoms with Gasteiger partial charge in [-0.2, -0.15) is 4.98 Å². The SMILES string of the molecule is Cc1nnc2nc(Nc3cccc([N+](=O)[O-])c3)c3ccccc3n12. The molecule has 0 aliphatic carbocycles. The molecule has 0 radical (unpaired) electrons. The van der Waals surface area contributed by atoms with Crippen molar-refractivity contribution in [2.75, 3.05) is 5.32 Å². The number of nitro benzene ring substituents is 1. The molecule has 0 fully saturated rings. The van der Waals surface area contributed by atoms with Crippen LogP contribution < -0.4 is 5.32 Å². The van der Waals surface area contributed by atoms with Gasteiger partial charge in [0.2, 0.25) is 0 Å². The van der Waals surface area contributed by atoms with Crippen LogP contribution in [0.2, 0.25) is 0 Å². The molecule has 4 aromatic rings. The molecule has 0 saturated carbocycles. The molecule has 1 N–H and O–H groups in total. The topological polar surface area (TPSA) is 98.2 Å². The molecule has 8 nitrogen and oxygen atoms in total. The number of rotatable bonds is 3. The summed E-state index contributed by atoms with van der Waals surface area (Å²) in [6.45, 7) is 1.86. The fourth-order valence-electron chi connectivity index (χ4n) is 2.66. The molecule has 0 aliphatic heterocycles. The van der Waals surface area contributed by atoms with Gasteiger partial charge < -0.3 is 5.32 Å². The number of nitro groups is 1. The lowest BCUT2D eigenvalue weighted by molar-refractivity contribution is -0.384. The summed E-state index contributed by atoms with van der Waals surface area (Å²) < 4.78 is 1.87. The minimum absolute atomic E-state index is 0.0173. The normalized spacial score (nSPS) is 11.0. The molecule has 2 aromatic carbocycles. The van der Waals surface area contributed by atoms with E-state index < -0.39 is 4.92 Å². The number of anilines is 2. The monoisotopic (exact) mass is 320 g/mol. The highest BCUT2D eigenvalue weighted by molar-refractivity contribution is 5.92. The molecule has 24 heavy (non-hydrogen) atoms. The van der Waals surface area contributed by atoms with E-state index >= 15 is 0 Å². The predicted molar refractivity (Wildman–Crippen MR) is 89.4 cm³/mol. The number of fused-ring (bicyclic) bond motifs is 3. The first-order valence-corrected chi connectivity index (χ1v) is 7.25. The maximum absolute atomic E-state index is 10.9. The van der Waals surface area contributed by atoms with E-state index in [0.29, 0.717) is 17.3 Å². The van der Waals surface area contributed by atoms with Crippen LogP contribution in [0.3, 0.4) is 0 Å². The molecule has 0 spiro atoms. The van der Waals surface area contributed by atoms with Crippen LogP contribution >= 0.6 is 0 Å². The van der Waals surface area contributed by atoms with E-state index in [1.165, 1.54) is 12.1 Å². The van der Waals surface area contributed by atoms with Crippen LogP contribution in [0, 0.1) is 17.0 Å². The second kappa shape index (κ2) is 5.27. The molecular weight excluding hydrogens is 308 g/mol. The van der Waals surface area contributed by atoms with Crippen LogP contribution in [0.25, 0.3) is 16.7 Å². The van der Waals surface area contributed by atoms with Gasteiger partial charge in [0.1, 0.15) is 11.6 Å². The summed E-state index contributed by atoms with van der Waals surface area (Å²) in [6.07, 6.45) is 0. The number of para-hydroxylation sites is 1. The first-order chi connectivity index (χ1) is 11.6. The molecule has 8 heteroatoms. The van der Waals surface area contributed by atoms with Gasteiger partial charge in [0.25, 0.3) is 11.5 Å². The Morgan fingerprint density at radius 2 is 1.96 bits per heavy atom. The van der Waals surface area contributed by atoms with Crippen molar-refractivity contribution in [1.82, 2.24) is 19.6 Å². The summed E-state index contributed by atoms with van der Waals surface area (Å²) in [5, 5.41) is 23.1. The second-order valence-electron chi connectivity index (χ2n) is 5.29. The molecule has 0 bridgehead atoms. The zero-order chi connectivity index (χ0) is 16.7. The number of hydrogen-bond donors (Lipinski definition) is 1. The van der Waals surface area contributed by atoms with Crippen molar-refractivity contribution in [3.05, 3.63) is 64.5 Å². The lowest BCUT2D eigenvalue weighted by Gasteiger charge is -2.10. The van der Waals surface area contributed by atoms with E-state index in [-0.39, 0.29) is 5.69 Å². The first kappa shape index (κ1) is 14.1. The first-order valence-electron chi connectivity index (χ1n) is 7.25.